The highest BCUT2D eigenvalue weighted by Gasteiger charge is 2.85. The molecule has 0 aliphatic heterocycles. The average Bonchev–Trinajstić information content (AvgIpc) is 3.10. The maximum Gasteiger partial charge on any atom is 0.184 e. The minimum atomic E-state index is -3.32. The lowest BCUT2D eigenvalue weighted by Crippen LogP contribution is -2.53. The number of hydrogen-bond acceptors (Lipinski definition) is 2. The average molecular weight is 529 g/mol. The van der Waals surface area contributed by atoms with Gasteiger partial charge in [-0.1, -0.05) is 41.5 Å². The van der Waals surface area contributed by atoms with Gasteiger partial charge in [-0.05, 0) is 128 Å². The summed E-state index contributed by atoms with van der Waals surface area (Å²) in [6.45, 7) is 2.56. The van der Waals surface area contributed by atoms with Crippen molar-refractivity contribution in [1.29, 1.82) is 0 Å². The predicted octanol–water partition coefficient (Wildman–Crippen LogP) is 6.45. The van der Waals surface area contributed by atoms with Crippen LogP contribution in [0.25, 0.3) is 0 Å². The highest BCUT2D eigenvalue weighted by Crippen LogP contribution is 2.91. The van der Waals surface area contributed by atoms with E-state index in [4.69, 9.17) is 0 Å². The Labute approximate surface area is 209 Å². The molecule has 7 rings (SSSR count). The molecule has 0 amide bonds. The Morgan fingerprint density at radius 3 is 2.33 bits per heavy atom. The Bertz CT molecular complexity index is 1090. The summed E-state index contributed by atoms with van der Waals surface area (Å²) in [6.07, 6.45) is 13.7. The van der Waals surface area contributed by atoms with Gasteiger partial charge in [-0.25, -0.2) is 8.42 Å². The Balaban J connectivity index is 1.25. The number of benzene rings is 1. The van der Waals surface area contributed by atoms with E-state index in [1.54, 1.807) is 0 Å². The topological polar surface area (TPSA) is 34.1 Å². The molecule has 10 unspecified atom stereocenters. The van der Waals surface area contributed by atoms with Crippen molar-refractivity contribution >= 4 is 33.6 Å². The quantitative estimate of drug-likeness (QED) is 0.413. The van der Waals surface area contributed by atoms with E-state index in [-0.39, 0.29) is 0 Å². The molecule has 6 saturated carbocycles. The minimum Gasteiger partial charge on any atom is -0.223 e. The molecular weight excluding hydrogens is 491 g/mol. The SMILES string of the molecule is BC1CCC23C(CCC24C2CCC5(S(=O)(=O)c6ccc(Br)cc6)CCCC5C2CCC34)C1C. The van der Waals surface area contributed by atoms with Gasteiger partial charge in [0.1, 0.15) is 7.85 Å². The molecule has 1 aromatic rings. The van der Waals surface area contributed by atoms with Crippen LogP contribution in [0.2, 0.25) is 5.82 Å². The lowest BCUT2D eigenvalue weighted by molar-refractivity contribution is 0.0207. The standard InChI is InChI=1S/C28H38BBrO2S/c1-17-21-11-15-28-23-10-14-26(33(31,32)19-6-4-18(30)5-7-19)13-2-3-22(26)20(23)8-9-25(28)27(21,28)16-12-24(17)29/h4-7,17,20-25H,2-3,8-16,29H2,1H3. The van der Waals surface area contributed by atoms with E-state index in [2.05, 4.69) is 30.7 Å². The van der Waals surface area contributed by atoms with Crippen LogP contribution in [0, 0.1) is 46.3 Å². The van der Waals surface area contributed by atoms with Crippen LogP contribution < -0.4 is 0 Å². The molecule has 2 nitrogen and oxygen atoms in total. The zero-order valence-corrected chi connectivity index (χ0v) is 22.6. The molecule has 0 bridgehead atoms. The van der Waals surface area contributed by atoms with Crippen LogP contribution in [-0.2, 0) is 9.84 Å². The first kappa shape index (κ1) is 22.0. The fraction of sp³-hybridized carbons (Fsp3) is 0.786. The molecule has 10 atom stereocenters. The maximum absolute atomic E-state index is 14.2. The van der Waals surface area contributed by atoms with Crippen molar-refractivity contribution in [3.05, 3.63) is 28.7 Å². The Kier molecular flexibility index (Phi) is 4.61. The third kappa shape index (κ3) is 2.41. The molecule has 6 fully saturated rings. The van der Waals surface area contributed by atoms with Gasteiger partial charge in [0.2, 0.25) is 0 Å². The third-order valence-electron chi connectivity index (χ3n) is 12.9. The summed E-state index contributed by atoms with van der Waals surface area (Å²) >= 11 is 3.49. The summed E-state index contributed by atoms with van der Waals surface area (Å²) in [5, 5.41) is 0. The van der Waals surface area contributed by atoms with Crippen LogP contribution in [0.4, 0.5) is 0 Å². The van der Waals surface area contributed by atoms with Gasteiger partial charge in [-0.3, -0.25) is 0 Å². The lowest BCUT2D eigenvalue weighted by Gasteiger charge is -2.52. The molecule has 1 aromatic carbocycles. The van der Waals surface area contributed by atoms with Crippen molar-refractivity contribution in [3.8, 4) is 0 Å². The summed E-state index contributed by atoms with van der Waals surface area (Å²) < 4.78 is 28.8. The Hall–Kier alpha value is -0.285. The van der Waals surface area contributed by atoms with Crippen LogP contribution in [0.5, 0.6) is 0 Å². The Morgan fingerprint density at radius 2 is 1.55 bits per heavy atom. The van der Waals surface area contributed by atoms with E-state index in [1.165, 1.54) is 44.9 Å². The summed E-state index contributed by atoms with van der Waals surface area (Å²) in [5.41, 5.74) is 1.23. The molecule has 6 aliphatic rings. The zero-order chi connectivity index (χ0) is 22.8. The van der Waals surface area contributed by atoms with Crippen LogP contribution in [0.3, 0.4) is 0 Å². The van der Waals surface area contributed by atoms with Gasteiger partial charge in [0, 0.05) is 4.47 Å². The first-order valence-corrected chi connectivity index (χ1v) is 16.1. The van der Waals surface area contributed by atoms with Gasteiger partial charge in [-0.15, -0.1) is 0 Å². The largest absolute Gasteiger partial charge is 0.223 e. The molecule has 178 valence electrons. The molecule has 0 heterocycles. The second-order valence-electron chi connectivity index (χ2n) is 13.1. The van der Waals surface area contributed by atoms with Crippen molar-refractivity contribution < 1.29 is 8.42 Å². The van der Waals surface area contributed by atoms with E-state index >= 15 is 0 Å². The van der Waals surface area contributed by atoms with Crippen LogP contribution in [0.15, 0.2) is 33.6 Å². The molecule has 5 heteroatoms. The van der Waals surface area contributed by atoms with E-state index < -0.39 is 14.6 Å². The van der Waals surface area contributed by atoms with Crippen molar-refractivity contribution in [2.45, 2.75) is 93.0 Å². The first-order chi connectivity index (χ1) is 15.8. The second-order valence-corrected chi connectivity index (χ2v) is 16.3. The van der Waals surface area contributed by atoms with Crippen LogP contribution in [0.1, 0.15) is 77.6 Å². The van der Waals surface area contributed by atoms with Crippen LogP contribution in [-0.4, -0.2) is 21.0 Å². The van der Waals surface area contributed by atoms with Crippen molar-refractivity contribution in [1.82, 2.24) is 0 Å². The number of halogens is 1. The second kappa shape index (κ2) is 6.93. The van der Waals surface area contributed by atoms with Crippen molar-refractivity contribution in [2.24, 2.45) is 46.3 Å². The van der Waals surface area contributed by atoms with Gasteiger partial charge in [0.25, 0.3) is 0 Å². The summed E-state index contributed by atoms with van der Waals surface area (Å²) in [6, 6.07) is 7.49. The summed E-state index contributed by atoms with van der Waals surface area (Å²) in [7, 11) is -0.820. The molecule has 33 heavy (non-hydrogen) atoms. The van der Waals surface area contributed by atoms with E-state index in [0.29, 0.717) is 27.6 Å². The van der Waals surface area contributed by atoms with Gasteiger partial charge in [-0.2, -0.15) is 0 Å². The van der Waals surface area contributed by atoms with Crippen LogP contribution >= 0.6 is 15.9 Å². The van der Waals surface area contributed by atoms with Crippen molar-refractivity contribution in [3.63, 3.8) is 0 Å². The molecule has 0 N–H and O–H groups in total. The van der Waals surface area contributed by atoms with E-state index in [1.807, 2.05) is 24.3 Å². The zero-order valence-electron chi connectivity index (χ0n) is 20.2. The number of rotatable bonds is 2. The van der Waals surface area contributed by atoms with E-state index in [0.717, 1.165) is 59.6 Å². The van der Waals surface area contributed by atoms with Gasteiger partial charge in [0.15, 0.2) is 9.84 Å². The predicted molar refractivity (Wildman–Crippen MR) is 139 cm³/mol. The van der Waals surface area contributed by atoms with Gasteiger partial charge < -0.3 is 0 Å². The molecule has 2 spiro atoms. The molecule has 6 aliphatic carbocycles. The molecular formula is C28H38BBrO2S. The fourth-order valence-corrected chi connectivity index (χ4v) is 14.5. The highest BCUT2D eigenvalue weighted by molar-refractivity contribution is 9.10. The minimum absolute atomic E-state index is 0.386. The summed E-state index contributed by atoms with van der Waals surface area (Å²) in [5.74, 6) is 5.53. The number of hydrogen-bond donors (Lipinski definition) is 0. The van der Waals surface area contributed by atoms with Gasteiger partial charge >= 0.3 is 0 Å². The smallest absolute Gasteiger partial charge is 0.184 e. The van der Waals surface area contributed by atoms with Crippen molar-refractivity contribution in [2.75, 3.05) is 0 Å². The Morgan fingerprint density at radius 1 is 0.848 bits per heavy atom. The number of fused-ring (bicyclic) bond motifs is 3. The van der Waals surface area contributed by atoms with E-state index in [9.17, 15) is 8.42 Å². The fourth-order valence-electron chi connectivity index (χ4n) is 11.8. The first-order valence-electron chi connectivity index (χ1n) is 13.8. The molecule has 0 radical (unpaired) electrons. The maximum atomic E-state index is 14.2. The molecule has 0 saturated heterocycles. The monoisotopic (exact) mass is 528 g/mol. The summed E-state index contributed by atoms with van der Waals surface area (Å²) in [4.78, 5) is 0.557. The number of sulfone groups is 1. The lowest BCUT2D eigenvalue weighted by atomic mass is 9.56. The molecule has 0 aromatic heterocycles. The van der Waals surface area contributed by atoms with Gasteiger partial charge in [0.05, 0.1) is 9.64 Å². The normalized spacial score (nSPS) is 52.2. The highest BCUT2D eigenvalue weighted by atomic mass is 79.9. The third-order valence-corrected chi connectivity index (χ3v) is 16.1.